The molecule has 0 fully saturated rings. The molecule has 1 heterocycles. The number of rotatable bonds is 7. The Balaban J connectivity index is 2.24. The van der Waals surface area contributed by atoms with Crippen molar-refractivity contribution in [2.75, 3.05) is 26.2 Å². The highest BCUT2D eigenvalue weighted by Crippen LogP contribution is 2.37. The van der Waals surface area contributed by atoms with Crippen molar-refractivity contribution in [1.82, 2.24) is 14.8 Å². The Bertz CT molecular complexity index is 1100. The molecule has 0 aliphatic heterocycles. The fourth-order valence-electron chi connectivity index (χ4n) is 3.33. The molecule has 2 N–H and O–H groups in total. The van der Waals surface area contributed by atoms with Crippen LogP contribution in [0, 0.1) is 4.77 Å². The summed E-state index contributed by atoms with van der Waals surface area (Å²) in [5, 5.41) is 17.6. The number of aromatic nitrogens is 3. The fraction of sp³-hybridized carbons (Fsp3) is 0.364. The number of aryl methyl sites for hydroxylation is 1. The molecule has 0 saturated carbocycles. The highest BCUT2D eigenvalue weighted by molar-refractivity contribution is 7.71. The molecule has 0 saturated heterocycles. The monoisotopic (exact) mass is 428 g/mol. The normalized spacial score (nSPS) is 11.0. The number of methoxy groups -OCH3 is 2. The third-order valence-electron chi connectivity index (χ3n) is 5.27. The molecule has 0 amide bonds. The van der Waals surface area contributed by atoms with Crippen molar-refractivity contribution in [2.24, 2.45) is 0 Å². The lowest BCUT2D eigenvalue weighted by Crippen LogP contribution is -2.26. The van der Waals surface area contributed by atoms with E-state index in [1.54, 1.807) is 20.3 Å². The van der Waals surface area contributed by atoms with Crippen molar-refractivity contribution in [2.45, 2.75) is 33.2 Å². The summed E-state index contributed by atoms with van der Waals surface area (Å²) in [6, 6.07) is 9.69. The summed E-state index contributed by atoms with van der Waals surface area (Å²) in [4.78, 5) is 2.14. The van der Waals surface area contributed by atoms with E-state index in [4.69, 9.17) is 21.7 Å². The van der Waals surface area contributed by atoms with Gasteiger partial charge in [0.2, 0.25) is 0 Å². The van der Waals surface area contributed by atoms with Gasteiger partial charge in [-0.1, -0.05) is 6.92 Å². The molecule has 0 bridgehead atoms. The first kappa shape index (κ1) is 21.7. The SMILES string of the molecule is CCc1cc(-c2n[nH]c(=S)n2-c2ccc(OC)c(N(C)C(C)C)c2)c(OC)cc1O. The van der Waals surface area contributed by atoms with Crippen molar-refractivity contribution in [3.63, 3.8) is 0 Å². The molecule has 1 aromatic heterocycles. The molecule has 8 heteroatoms. The summed E-state index contributed by atoms with van der Waals surface area (Å²) in [5.74, 6) is 2.11. The third kappa shape index (κ3) is 3.87. The summed E-state index contributed by atoms with van der Waals surface area (Å²) in [5.41, 5.74) is 3.35. The molecule has 0 radical (unpaired) electrons. The molecule has 3 rings (SSSR count). The molecule has 0 atom stereocenters. The van der Waals surface area contributed by atoms with Crippen LogP contribution in [0.4, 0.5) is 5.69 Å². The first-order chi connectivity index (χ1) is 14.3. The van der Waals surface area contributed by atoms with Gasteiger partial charge in [-0.05, 0) is 62.3 Å². The summed E-state index contributed by atoms with van der Waals surface area (Å²) in [6.45, 7) is 6.23. The van der Waals surface area contributed by atoms with Gasteiger partial charge in [0.05, 0.1) is 31.2 Å². The van der Waals surface area contributed by atoms with Gasteiger partial charge in [-0.25, -0.2) is 0 Å². The minimum atomic E-state index is 0.198. The number of nitrogens with zero attached hydrogens (tertiary/aromatic N) is 3. The second-order valence-electron chi connectivity index (χ2n) is 7.28. The number of H-pyrrole nitrogens is 1. The zero-order chi connectivity index (χ0) is 22.0. The van der Waals surface area contributed by atoms with Crippen molar-refractivity contribution in [1.29, 1.82) is 0 Å². The lowest BCUT2D eigenvalue weighted by Gasteiger charge is -2.26. The average molecular weight is 429 g/mol. The minimum Gasteiger partial charge on any atom is -0.508 e. The summed E-state index contributed by atoms with van der Waals surface area (Å²) >= 11 is 5.55. The lowest BCUT2D eigenvalue weighted by atomic mass is 10.1. The maximum Gasteiger partial charge on any atom is 0.200 e. The van der Waals surface area contributed by atoms with Crippen LogP contribution < -0.4 is 14.4 Å². The summed E-state index contributed by atoms with van der Waals surface area (Å²) in [7, 11) is 5.26. The summed E-state index contributed by atoms with van der Waals surface area (Å²) in [6.07, 6.45) is 0.680. The molecule has 2 aromatic carbocycles. The Hall–Kier alpha value is -3.00. The molecule has 0 aliphatic carbocycles. The standard InChI is InChI=1S/C22H28N4O3S/c1-7-14-10-16(20(29-6)12-18(14)27)21-23-24-22(30)26(21)15-8-9-19(28-5)17(11-15)25(4)13(2)3/h8-13,27H,7H2,1-6H3,(H,24,30). The van der Waals surface area contributed by atoms with Crippen molar-refractivity contribution in [3.8, 4) is 34.3 Å². The molecule has 0 spiro atoms. The topological polar surface area (TPSA) is 75.5 Å². The number of ether oxygens (including phenoxy) is 2. The van der Waals surface area contributed by atoms with Gasteiger partial charge < -0.3 is 19.5 Å². The number of nitrogens with one attached hydrogen (secondary N) is 1. The van der Waals surface area contributed by atoms with E-state index in [1.165, 1.54) is 0 Å². The first-order valence-corrected chi connectivity index (χ1v) is 10.2. The molecule has 0 unspecified atom stereocenters. The van der Waals surface area contributed by atoms with Crippen LogP contribution in [-0.2, 0) is 6.42 Å². The van der Waals surface area contributed by atoms with Crippen molar-refractivity contribution in [3.05, 3.63) is 40.7 Å². The van der Waals surface area contributed by atoms with E-state index in [0.29, 0.717) is 22.8 Å². The van der Waals surface area contributed by atoms with Crippen LogP contribution in [0.5, 0.6) is 17.2 Å². The van der Waals surface area contributed by atoms with Crippen LogP contribution in [0.15, 0.2) is 30.3 Å². The molecular weight excluding hydrogens is 400 g/mol. The number of anilines is 1. The highest BCUT2D eigenvalue weighted by Gasteiger charge is 2.20. The Morgan fingerprint density at radius 3 is 2.47 bits per heavy atom. The molecule has 0 aliphatic rings. The van der Waals surface area contributed by atoms with Gasteiger partial charge in [0.1, 0.15) is 17.2 Å². The first-order valence-electron chi connectivity index (χ1n) is 9.81. The van der Waals surface area contributed by atoms with Gasteiger partial charge in [-0.2, -0.15) is 5.10 Å². The average Bonchev–Trinajstić information content (AvgIpc) is 3.13. The van der Waals surface area contributed by atoms with E-state index in [2.05, 4.69) is 28.9 Å². The van der Waals surface area contributed by atoms with Crippen molar-refractivity contribution >= 4 is 17.9 Å². The minimum absolute atomic E-state index is 0.198. The Kier molecular flexibility index (Phi) is 6.36. The maximum atomic E-state index is 10.2. The fourth-order valence-corrected chi connectivity index (χ4v) is 3.57. The van der Waals surface area contributed by atoms with Gasteiger partial charge in [-0.3, -0.25) is 9.67 Å². The van der Waals surface area contributed by atoms with Gasteiger partial charge in [-0.15, -0.1) is 0 Å². The van der Waals surface area contributed by atoms with E-state index in [-0.39, 0.29) is 11.8 Å². The van der Waals surface area contributed by atoms with Crippen LogP contribution in [-0.4, -0.2) is 47.2 Å². The largest absolute Gasteiger partial charge is 0.508 e. The summed E-state index contributed by atoms with van der Waals surface area (Å²) < 4.78 is 13.4. The number of aromatic hydroxyl groups is 1. The van der Waals surface area contributed by atoms with Crippen LogP contribution in [0.1, 0.15) is 26.3 Å². The van der Waals surface area contributed by atoms with Crippen LogP contribution >= 0.6 is 12.2 Å². The maximum absolute atomic E-state index is 10.2. The van der Waals surface area contributed by atoms with Crippen LogP contribution in [0.25, 0.3) is 17.1 Å². The van der Waals surface area contributed by atoms with Gasteiger partial charge in [0.15, 0.2) is 10.6 Å². The molecule has 3 aromatic rings. The van der Waals surface area contributed by atoms with Gasteiger partial charge >= 0.3 is 0 Å². The predicted octanol–water partition coefficient (Wildman–Crippen LogP) is 4.73. The van der Waals surface area contributed by atoms with Gasteiger partial charge in [0.25, 0.3) is 0 Å². The molecule has 7 nitrogen and oxygen atoms in total. The second-order valence-corrected chi connectivity index (χ2v) is 7.67. The third-order valence-corrected chi connectivity index (χ3v) is 5.54. The van der Waals surface area contributed by atoms with Gasteiger partial charge in [0, 0.05) is 19.2 Å². The van der Waals surface area contributed by atoms with Crippen LogP contribution in [0.3, 0.4) is 0 Å². The zero-order valence-corrected chi connectivity index (χ0v) is 19.0. The lowest BCUT2D eigenvalue weighted by molar-refractivity contribution is 0.407. The number of phenolic OH excluding ortho intramolecular Hbond substituents is 1. The smallest absolute Gasteiger partial charge is 0.200 e. The van der Waals surface area contributed by atoms with Crippen LogP contribution in [0.2, 0.25) is 0 Å². The van der Waals surface area contributed by atoms with E-state index in [0.717, 1.165) is 28.3 Å². The Labute approximate surface area is 181 Å². The second kappa shape index (κ2) is 8.79. The van der Waals surface area contributed by atoms with E-state index < -0.39 is 0 Å². The van der Waals surface area contributed by atoms with E-state index in [9.17, 15) is 5.11 Å². The highest BCUT2D eigenvalue weighted by atomic mass is 32.1. The van der Waals surface area contributed by atoms with Crippen molar-refractivity contribution < 1.29 is 14.6 Å². The molecule has 30 heavy (non-hydrogen) atoms. The molecular formula is C22H28N4O3S. The quantitative estimate of drug-likeness (QED) is 0.530. The number of phenols is 1. The predicted molar refractivity (Wildman–Crippen MR) is 122 cm³/mol. The zero-order valence-electron chi connectivity index (χ0n) is 18.2. The number of benzene rings is 2. The Morgan fingerprint density at radius 1 is 1.17 bits per heavy atom. The van der Waals surface area contributed by atoms with E-state index >= 15 is 0 Å². The number of hydrogen-bond donors (Lipinski definition) is 2. The molecule has 160 valence electrons. The Morgan fingerprint density at radius 2 is 1.87 bits per heavy atom. The van der Waals surface area contributed by atoms with E-state index in [1.807, 2.05) is 42.8 Å². The number of hydrogen-bond acceptors (Lipinski definition) is 6. The number of aromatic amines is 1.